The SMILES string of the molecule is C=C(CC)COc1ccccc1C(N)CC. The second-order valence-electron chi connectivity index (χ2n) is 3.94. The van der Waals surface area contributed by atoms with Gasteiger partial charge in [-0.05, 0) is 24.5 Å². The van der Waals surface area contributed by atoms with Gasteiger partial charge in [-0.15, -0.1) is 0 Å². The number of ether oxygens (including phenoxy) is 1. The zero-order valence-electron chi connectivity index (χ0n) is 10.2. The zero-order valence-corrected chi connectivity index (χ0v) is 10.2. The minimum absolute atomic E-state index is 0.0473. The predicted molar refractivity (Wildman–Crippen MR) is 68.6 cm³/mol. The van der Waals surface area contributed by atoms with Crippen molar-refractivity contribution in [2.45, 2.75) is 32.7 Å². The summed E-state index contributed by atoms with van der Waals surface area (Å²) in [6, 6.07) is 8.00. The Kier molecular flexibility index (Phi) is 5.06. The maximum atomic E-state index is 6.03. The number of rotatable bonds is 6. The molecule has 0 aliphatic heterocycles. The molecule has 0 spiro atoms. The molecule has 0 radical (unpaired) electrons. The van der Waals surface area contributed by atoms with Crippen molar-refractivity contribution >= 4 is 0 Å². The van der Waals surface area contributed by atoms with Gasteiger partial charge < -0.3 is 10.5 Å². The van der Waals surface area contributed by atoms with Crippen LogP contribution in [0, 0.1) is 0 Å². The Labute approximate surface area is 98.1 Å². The van der Waals surface area contributed by atoms with Gasteiger partial charge in [-0.1, -0.05) is 38.6 Å². The molecule has 0 aliphatic rings. The highest BCUT2D eigenvalue weighted by Gasteiger charge is 2.09. The molecule has 88 valence electrons. The van der Waals surface area contributed by atoms with Gasteiger partial charge in [0.15, 0.2) is 0 Å². The lowest BCUT2D eigenvalue weighted by molar-refractivity contribution is 0.342. The molecular formula is C14H21NO. The van der Waals surface area contributed by atoms with Gasteiger partial charge in [0, 0.05) is 11.6 Å². The van der Waals surface area contributed by atoms with Crippen LogP contribution in [0.3, 0.4) is 0 Å². The van der Waals surface area contributed by atoms with Crippen LogP contribution in [-0.2, 0) is 0 Å². The Morgan fingerprint density at radius 1 is 1.38 bits per heavy atom. The smallest absolute Gasteiger partial charge is 0.124 e. The van der Waals surface area contributed by atoms with E-state index in [4.69, 9.17) is 10.5 Å². The van der Waals surface area contributed by atoms with Crippen molar-refractivity contribution in [3.05, 3.63) is 42.0 Å². The van der Waals surface area contributed by atoms with Gasteiger partial charge in [0.1, 0.15) is 12.4 Å². The third-order valence-corrected chi connectivity index (χ3v) is 2.69. The lowest BCUT2D eigenvalue weighted by Crippen LogP contribution is -2.11. The number of hydrogen-bond acceptors (Lipinski definition) is 2. The molecule has 0 bridgehead atoms. The van der Waals surface area contributed by atoms with Crippen LogP contribution in [0.5, 0.6) is 5.75 Å². The molecule has 2 N–H and O–H groups in total. The summed E-state index contributed by atoms with van der Waals surface area (Å²) in [6.07, 6.45) is 1.86. The number of para-hydroxylation sites is 1. The summed E-state index contributed by atoms with van der Waals surface area (Å²) >= 11 is 0. The van der Waals surface area contributed by atoms with E-state index in [-0.39, 0.29) is 6.04 Å². The Hall–Kier alpha value is -1.28. The molecule has 1 aromatic rings. The molecule has 1 rings (SSSR count). The van der Waals surface area contributed by atoms with E-state index in [1.807, 2.05) is 24.3 Å². The first-order valence-electron chi connectivity index (χ1n) is 5.83. The van der Waals surface area contributed by atoms with Gasteiger partial charge >= 0.3 is 0 Å². The summed E-state index contributed by atoms with van der Waals surface area (Å²) in [5, 5.41) is 0. The lowest BCUT2D eigenvalue weighted by atomic mass is 10.0. The minimum Gasteiger partial charge on any atom is -0.489 e. The predicted octanol–water partition coefficient (Wildman–Crippen LogP) is 3.44. The molecule has 0 saturated heterocycles. The maximum Gasteiger partial charge on any atom is 0.124 e. The summed E-state index contributed by atoms with van der Waals surface area (Å²) in [5.41, 5.74) is 8.21. The van der Waals surface area contributed by atoms with Crippen molar-refractivity contribution in [3.8, 4) is 5.75 Å². The van der Waals surface area contributed by atoms with Gasteiger partial charge in [-0.25, -0.2) is 0 Å². The fourth-order valence-electron chi connectivity index (χ4n) is 1.42. The molecule has 1 unspecified atom stereocenters. The Morgan fingerprint density at radius 3 is 2.69 bits per heavy atom. The quantitative estimate of drug-likeness (QED) is 0.744. The molecule has 16 heavy (non-hydrogen) atoms. The summed E-state index contributed by atoms with van der Waals surface area (Å²) in [7, 11) is 0. The second-order valence-corrected chi connectivity index (χ2v) is 3.94. The van der Waals surface area contributed by atoms with Gasteiger partial charge in [-0.2, -0.15) is 0 Å². The van der Waals surface area contributed by atoms with E-state index in [0.717, 1.165) is 29.7 Å². The molecule has 1 aromatic carbocycles. The average molecular weight is 219 g/mol. The van der Waals surface area contributed by atoms with Gasteiger partial charge in [0.25, 0.3) is 0 Å². The monoisotopic (exact) mass is 219 g/mol. The molecule has 0 amide bonds. The van der Waals surface area contributed by atoms with Gasteiger partial charge in [-0.3, -0.25) is 0 Å². The van der Waals surface area contributed by atoms with Crippen molar-refractivity contribution in [3.63, 3.8) is 0 Å². The van der Waals surface area contributed by atoms with Crippen LogP contribution in [0.25, 0.3) is 0 Å². The third kappa shape index (κ3) is 3.38. The van der Waals surface area contributed by atoms with E-state index in [0.29, 0.717) is 6.61 Å². The van der Waals surface area contributed by atoms with Crippen molar-refractivity contribution in [2.75, 3.05) is 6.61 Å². The van der Waals surface area contributed by atoms with Crippen LogP contribution in [0.2, 0.25) is 0 Å². The Bertz CT molecular complexity index is 346. The Balaban J connectivity index is 2.75. The first-order chi connectivity index (χ1) is 7.69. The largest absolute Gasteiger partial charge is 0.489 e. The van der Waals surface area contributed by atoms with Crippen LogP contribution in [0.15, 0.2) is 36.4 Å². The van der Waals surface area contributed by atoms with Gasteiger partial charge in [0.05, 0.1) is 0 Å². The highest BCUT2D eigenvalue weighted by Crippen LogP contribution is 2.25. The normalized spacial score (nSPS) is 12.2. The van der Waals surface area contributed by atoms with E-state index in [9.17, 15) is 0 Å². The van der Waals surface area contributed by atoms with Crippen molar-refractivity contribution in [1.29, 1.82) is 0 Å². The van der Waals surface area contributed by atoms with Crippen molar-refractivity contribution in [2.24, 2.45) is 5.73 Å². The van der Waals surface area contributed by atoms with Crippen LogP contribution in [-0.4, -0.2) is 6.61 Å². The molecule has 2 heteroatoms. The number of hydrogen-bond donors (Lipinski definition) is 1. The minimum atomic E-state index is 0.0473. The molecule has 2 nitrogen and oxygen atoms in total. The van der Waals surface area contributed by atoms with E-state index in [2.05, 4.69) is 20.4 Å². The number of nitrogens with two attached hydrogens (primary N) is 1. The summed E-state index contributed by atoms with van der Waals surface area (Å²) < 4.78 is 5.73. The second kappa shape index (κ2) is 6.33. The fourth-order valence-corrected chi connectivity index (χ4v) is 1.42. The van der Waals surface area contributed by atoms with Crippen LogP contribution >= 0.6 is 0 Å². The molecule has 0 aliphatic carbocycles. The number of benzene rings is 1. The third-order valence-electron chi connectivity index (χ3n) is 2.69. The van der Waals surface area contributed by atoms with Crippen LogP contribution < -0.4 is 10.5 Å². The molecule has 1 atom stereocenters. The van der Waals surface area contributed by atoms with E-state index >= 15 is 0 Å². The maximum absolute atomic E-state index is 6.03. The summed E-state index contributed by atoms with van der Waals surface area (Å²) in [4.78, 5) is 0. The van der Waals surface area contributed by atoms with E-state index < -0.39 is 0 Å². The van der Waals surface area contributed by atoms with E-state index in [1.165, 1.54) is 0 Å². The summed E-state index contributed by atoms with van der Waals surface area (Å²) in [6.45, 7) is 8.65. The van der Waals surface area contributed by atoms with E-state index in [1.54, 1.807) is 0 Å². The van der Waals surface area contributed by atoms with Crippen molar-refractivity contribution in [1.82, 2.24) is 0 Å². The standard InChI is InChI=1S/C14H21NO/c1-4-11(3)10-16-14-9-7-6-8-12(14)13(15)5-2/h6-9,13H,3-5,10,15H2,1-2H3. The average Bonchev–Trinajstić information content (AvgIpc) is 2.35. The topological polar surface area (TPSA) is 35.2 Å². The highest BCUT2D eigenvalue weighted by atomic mass is 16.5. The molecule has 0 heterocycles. The first-order valence-corrected chi connectivity index (χ1v) is 5.83. The zero-order chi connectivity index (χ0) is 12.0. The van der Waals surface area contributed by atoms with Crippen molar-refractivity contribution < 1.29 is 4.74 Å². The van der Waals surface area contributed by atoms with Crippen LogP contribution in [0.4, 0.5) is 0 Å². The molecule has 0 fully saturated rings. The molecule has 0 saturated carbocycles. The fraction of sp³-hybridized carbons (Fsp3) is 0.429. The highest BCUT2D eigenvalue weighted by molar-refractivity contribution is 5.35. The van der Waals surface area contributed by atoms with Crippen LogP contribution in [0.1, 0.15) is 38.3 Å². The first kappa shape index (κ1) is 12.8. The molecule has 0 aromatic heterocycles. The lowest BCUT2D eigenvalue weighted by Gasteiger charge is -2.15. The Morgan fingerprint density at radius 2 is 2.06 bits per heavy atom. The molecular weight excluding hydrogens is 198 g/mol. The van der Waals surface area contributed by atoms with Gasteiger partial charge in [0.2, 0.25) is 0 Å². The summed E-state index contributed by atoms with van der Waals surface area (Å²) in [5.74, 6) is 0.881.